The molecular weight excluding hydrogens is 300 g/mol. The number of hydrogen-bond acceptors (Lipinski definition) is 2. The molecule has 4 heteroatoms. The molecule has 2 amide bonds. The zero-order chi connectivity index (χ0) is 16.7. The minimum absolute atomic E-state index is 0.000327. The van der Waals surface area contributed by atoms with E-state index in [-0.39, 0.29) is 17.2 Å². The van der Waals surface area contributed by atoms with E-state index < -0.39 is 0 Å². The Morgan fingerprint density at radius 3 is 1.83 bits per heavy atom. The van der Waals surface area contributed by atoms with Crippen molar-refractivity contribution in [3.63, 3.8) is 0 Å². The van der Waals surface area contributed by atoms with Crippen LogP contribution >= 0.6 is 0 Å². The predicted molar refractivity (Wildman–Crippen MR) is 94.6 cm³/mol. The van der Waals surface area contributed by atoms with Crippen molar-refractivity contribution in [2.75, 3.05) is 10.6 Å². The molecule has 4 aliphatic carbocycles. The fraction of sp³-hybridized carbons (Fsp3) is 0.600. The Hall–Kier alpha value is -1.84. The molecule has 0 atom stereocenters. The number of amides is 2. The van der Waals surface area contributed by atoms with Crippen molar-refractivity contribution in [3.8, 4) is 0 Å². The van der Waals surface area contributed by atoms with Crippen molar-refractivity contribution < 1.29 is 9.59 Å². The summed E-state index contributed by atoms with van der Waals surface area (Å²) in [5.74, 6) is 2.53. The van der Waals surface area contributed by atoms with E-state index in [0.29, 0.717) is 6.42 Å². The second-order valence-electron chi connectivity index (χ2n) is 8.13. The van der Waals surface area contributed by atoms with Gasteiger partial charge in [0.05, 0.1) is 5.41 Å². The van der Waals surface area contributed by atoms with Gasteiger partial charge in [-0.1, -0.05) is 6.92 Å². The van der Waals surface area contributed by atoms with Crippen molar-refractivity contribution in [1.82, 2.24) is 0 Å². The van der Waals surface area contributed by atoms with Crippen LogP contribution in [-0.4, -0.2) is 11.8 Å². The van der Waals surface area contributed by atoms with E-state index in [1.807, 2.05) is 31.2 Å². The molecule has 4 nitrogen and oxygen atoms in total. The largest absolute Gasteiger partial charge is 0.326 e. The fourth-order valence-electron chi connectivity index (χ4n) is 5.54. The van der Waals surface area contributed by atoms with E-state index in [0.717, 1.165) is 48.4 Å². The van der Waals surface area contributed by atoms with Crippen LogP contribution in [0.5, 0.6) is 0 Å². The van der Waals surface area contributed by atoms with Crippen LogP contribution in [0.15, 0.2) is 24.3 Å². The zero-order valence-corrected chi connectivity index (χ0v) is 14.3. The number of hydrogen-bond donors (Lipinski definition) is 2. The average Bonchev–Trinajstić information content (AvgIpc) is 2.55. The van der Waals surface area contributed by atoms with Crippen molar-refractivity contribution in [3.05, 3.63) is 24.3 Å². The smallest absolute Gasteiger partial charge is 0.230 e. The van der Waals surface area contributed by atoms with Crippen molar-refractivity contribution in [2.24, 2.45) is 23.2 Å². The van der Waals surface area contributed by atoms with E-state index in [4.69, 9.17) is 0 Å². The van der Waals surface area contributed by atoms with Crippen LogP contribution in [0.3, 0.4) is 0 Å². The van der Waals surface area contributed by atoms with Gasteiger partial charge in [0.25, 0.3) is 0 Å². The molecular formula is C20H26N2O2. The van der Waals surface area contributed by atoms with Gasteiger partial charge in [0.15, 0.2) is 0 Å². The monoisotopic (exact) mass is 326 g/mol. The van der Waals surface area contributed by atoms with Gasteiger partial charge in [0.1, 0.15) is 0 Å². The van der Waals surface area contributed by atoms with Gasteiger partial charge in [0.2, 0.25) is 11.8 Å². The summed E-state index contributed by atoms with van der Waals surface area (Å²) in [7, 11) is 0. The molecule has 0 unspecified atom stereocenters. The van der Waals surface area contributed by atoms with Gasteiger partial charge in [-0.25, -0.2) is 0 Å². The predicted octanol–water partition coefficient (Wildman–Crippen LogP) is 4.19. The molecule has 1 aromatic carbocycles. The molecule has 0 spiro atoms. The van der Waals surface area contributed by atoms with Gasteiger partial charge in [0, 0.05) is 17.8 Å². The lowest BCUT2D eigenvalue weighted by molar-refractivity contribution is -0.140. The first kappa shape index (κ1) is 15.7. The molecule has 24 heavy (non-hydrogen) atoms. The quantitative estimate of drug-likeness (QED) is 0.871. The van der Waals surface area contributed by atoms with Crippen molar-refractivity contribution in [1.29, 1.82) is 0 Å². The summed E-state index contributed by atoms with van der Waals surface area (Å²) in [6.07, 6.45) is 7.74. The van der Waals surface area contributed by atoms with Gasteiger partial charge >= 0.3 is 0 Å². The maximum atomic E-state index is 13.0. The molecule has 1 aromatic rings. The normalized spacial score (nSPS) is 33.3. The molecule has 0 saturated heterocycles. The Morgan fingerprint density at radius 1 is 0.917 bits per heavy atom. The molecule has 4 fully saturated rings. The summed E-state index contributed by atoms with van der Waals surface area (Å²) in [5, 5.41) is 5.97. The lowest BCUT2D eigenvalue weighted by Crippen LogP contribution is -2.51. The first-order valence-corrected chi connectivity index (χ1v) is 9.28. The van der Waals surface area contributed by atoms with Crippen LogP contribution in [0.2, 0.25) is 0 Å². The molecule has 5 rings (SSSR count). The molecule has 4 bridgehead atoms. The summed E-state index contributed by atoms with van der Waals surface area (Å²) in [6, 6.07) is 7.46. The maximum absolute atomic E-state index is 13.0. The molecule has 128 valence electrons. The summed E-state index contributed by atoms with van der Waals surface area (Å²) in [5.41, 5.74) is 1.48. The van der Waals surface area contributed by atoms with Gasteiger partial charge in [-0.15, -0.1) is 0 Å². The number of nitrogens with one attached hydrogen (secondary N) is 2. The van der Waals surface area contributed by atoms with Gasteiger partial charge < -0.3 is 10.6 Å². The molecule has 0 aromatic heterocycles. The van der Waals surface area contributed by atoms with Crippen molar-refractivity contribution in [2.45, 2.75) is 51.9 Å². The standard InChI is InChI=1S/C20H26N2O2/c1-2-18(23)21-16-3-5-17(6-4-16)22-19(24)20-10-13-7-14(11-20)9-15(8-13)12-20/h3-6,13-15H,2,7-12H2,1H3,(H,21,23)(H,22,24). The maximum Gasteiger partial charge on any atom is 0.230 e. The van der Waals surface area contributed by atoms with E-state index in [1.165, 1.54) is 19.3 Å². The Labute approximate surface area is 143 Å². The highest BCUT2D eigenvalue weighted by molar-refractivity contribution is 5.96. The first-order chi connectivity index (χ1) is 11.6. The van der Waals surface area contributed by atoms with E-state index in [9.17, 15) is 9.59 Å². The molecule has 0 heterocycles. The highest BCUT2D eigenvalue weighted by Gasteiger charge is 2.54. The molecule has 4 saturated carbocycles. The number of rotatable bonds is 4. The van der Waals surface area contributed by atoms with E-state index in [1.54, 1.807) is 0 Å². The third-order valence-electron chi connectivity index (χ3n) is 6.27. The van der Waals surface area contributed by atoms with Gasteiger partial charge in [-0.05, 0) is 80.5 Å². The van der Waals surface area contributed by atoms with Crippen LogP contribution in [-0.2, 0) is 9.59 Å². The lowest BCUT2D eigenvalue weighted by atomic mass is 9.49. The fourth-order valence-corrected chi connectivity index (χ4v) is 5.54. The summed E-state index contributed by atoms with van der Waals surface area (Å²) >= 11 is 0. The Morgan fingerprint density at radius 2 is 1.38 bits per heavy atom. The van der Waals surface area contributed by atoms with E-state index in [2.05, 4.69) is 10.6 Å². The minimum Gasteiger partial charge on any atom is -0.326 e. The topological polar surface area (TPSA) is 58.2 Å². The lowest BCUT2D eigenvalue weighted by Gasteiger charge is -2.55. The van der Waals surface area contributed by atoms with Crippen LogP contribution in [0, 0.1) is 23.2 Å². The Bertz CT molecular complexity index is 615. The van der Waals surface area contributed by atoms with Gasteiger partial charge in [-0.2, -0.15) is 0 Å². The number of carbonyl (C=O) groups is 2. The summed E-state index contributed by atoms with van der Waals surface area (Å²) in [4.78, 5) is 24.4. The average molecular weight is 326 g/mol. The van der Waals surface area contributed by atoms with Crippen LogP contribution < -0.4 is 10.6 Å². The van der Waals surface area contributed by atoms with Gasteiger partial charge in [-0.3, -0.25) is 9.59 Å². The Kier molecular flexibility index (Phi) is 3.86. The second kappa shape index (κ2) is 5.91. The molecule has 0 aliphatic heterocycles. The van der Waals surface area contributed by atoms with Crippen LogP contribution in [0.25, 0.3) is 0 Å². The third kappa shape index (κ3) is 2.83. The summed E-state index contributed by atoms with van der Waals surface area (Å²) in [6.45, 7) is 1.83. The highest BCUT2D eigenvalue weighted by Crippen LogP contribution is 2.60. The van der Waals surface area contributed by atoms with Crippen molar-refractivity contribution >= 4 is 23.2 Å². The van der Waals surface area contributed by atoms with Crippen LogP contribution in [0.4, 0.5) is 11.4 Å². The number of carbonyl (C=O) groups excluding carboxylic acids is 2. The first-order valence-electron chi connectivity index (χ1n) is 9.28. The Balaban J connectivity index is 1.44. The minimum atomic E-state index is -0.121. The molecule has 2 N–H and O–H groups in total. The second-order valence-corrected chi connectivity index (χ2v) is 8.13. The third-order valence-corrected chi connectivity index (χ3v) is 6.27. The zero-order valence-electron chi connectivity index (χ0n) is 14.3. The number of anilines is 2. The van der Waals surface area contributed by atoms with Crippen LogP contribution in [0.1, 0.15) is 51.9 Å². The molecule has 0 radical (unpaired) electrons. The number of benzene rings is 1. The SMILES string of the molecule is CCC(=O)Nc1ccc(NC(=O)C23CC4CC(CC(C4)C2)C3)cc1. The molecule has 4 aliphatic rings. The van der Waals surface area contributed by atoms with E-state index >= 15 is 0 Å². The summed E-state index contributed by atoms with van der Waals surface area (Å²) < 4.78 is 0. The highest BCUT2D eigenvalue weighted by atomic mass is 16.2.